The molecule has 0 radical (unpaired) electrons. The van der Waals surface area contributed by atoms with Crippen LogP contribution in [0, 0.1) is 0 Å². The first-order valence-corrected chi connectivity index (χ1v) is 10.6. The predicted octanol–water partition coefficient (Wildman–Crippen LogP) is 6.36. The van der Waals surface area contributed by atoms with Gasteiger partial charge < -0.3 is 9.31 Å². The van der Waals surface area contributed by atoms with Crippen LogP contribution < -0.4 is 0 Å². The molecule has 0 saturated carbocycles. The summed E-state index contributed by atoms with van der Waals surface area (Å²) < 4.78 is 13.1. The van der Waals surface area contributed by atoms with Gasteiger partial charge in [-0.1, -0.05) is 91.0 Å². The fraction of sp³-hybridized carbons (Fsp3) is 0.259. The summed E-state index contributed by atoms with van der Waals surface area (Å²) in [5, 5.41) is 0. The van der Waals surface area contributed by atoms with Gasteiger partial charge in [0.15, 0.2) is 0 Å². The Morgan fingerprint density at radius 1 is 0.633 bits per heavy atom. The average molecular weight is 396 g/mol. The van der Waals surface area contributed by atoms with Crippen molar-refractivity contribution in [1.29, 1.82) is 0 Å². The van der Waals surface area contributed by atoms with Crippen molar-refractivity contribution in [3.63, 3.8) is 0 Å². The van der Waals surface area contributed by atoms with Gasteiger partial charge in [0.25, 0.3) is 0 Å². The molecule has 3 heteroatoms. The third kappa shape index (κ3) is 4.14. The van der Waals surface area contributed by atoms with Crippen LogP contribution in [0.3, 0.4) is 0 Å². The molecule has 0 atom stereocenters. The Morgan fingerprint density at radius 2 is 1.03 bits per heavy atom. The summed E-state index contributed by atoms with van der Waals surface area (Å²) in [4.78, 5) is 0. The Hall–Kier alpha value is -2.62. The first-order chi connectivity index (χ1) is 14.4. The normalized spacial score (nSPS) is 17.0. The first kappa shape index (κ1) is 20.6. The fourth-order valence-electron chi connectivity index (χ4n) is 3.84. The quantitative estimate of drug-likeness (QED) is 0.467. The number of hydrogen-bond acceptors (Lipinski definition) is 2. The van der Waals surface area contributed by atoms with Gasteiger partial charge in [0, 0.05) is 0 Å². The van der Waals surface area contributed by atoms with Crippen molar-refractivity contribution in [3.05, 3.63) is 113 Å². The Bertz CT molecular complexity index is 951. The Morgan fingerprint density at radius 3 is 1.47 bits per heavy atom. The second-order valence-corrected chi connectivity index (χ2v) is 8.88. The largest absolute Gasteiger partial charge is 0.491 e. The molecular formula is C27H29BO2. The van der Waals surface area contributed by atoms with Gasteiger partial charge in [0.2, 0.25) is 0 Å². The lowest BCUT2D eigenvalue weighted by molar-refractivity contribution is 0.00578. The zero-order chi connectivity index (χ0) is 21.2. The van der Waals surface area contributed by atoms with E-state index in [2.05, 4.69) is 119 Å². The molecule has 0 aliphatic carbocycles. The first-order valence-electron chi connectivity index (χ1n) is 10.6. The molecule has 1 fully saturated rings. The monoisotopic (exact) mass is 396 g/mol. The molecule has 1 saturated heterocycles. The summed E-state index contributed by atoms with van der Waals surface area (Å²) >= 11 is 0. The van der Waals surface area contributed by atoms with Gasteiger partial charge in [0.05, 0.1) is 11.2 Å². The molecule has 2 nitrogen and oxygen atoms in total. The summed E-state index contributed by atoms with van der Waals surface area (Å²) in [5.74, 6) is 0. The number of hydrogen-bond donors (Lipinski definition) is 0. The summed E-state index contributed by atoms with van der Waals surface area (Å²) in [6.07, 6.45) is 0.761. The molecule has 0 bridgehead atoms. The fourth-order valence-corrected chi connectivity index (χ4v) is 3.84. The highest BCUT2D eigenvalue weighted by Crippen LogP contribution is 2.41. The van der Waals surface area contributed by atoms with E-state index in [-0.39, 0.29) is 0 Å². The minimum atomic E-state index is -0.411. The molecule has 152 valence electrons. The SMILES string of the molecule is CC1(C)OB(C(Cc2ccccc2)=C(c2ccccc2)c2ccccc2)OC1(C)C. The molecule has 4 rings (SSSR count). The van der Waals surface area contributed by atoms with Gasteiger partial charge in [-0.2, -0.15) is 0 Å². The van der Waals surface area contributed by atoms with Crippen LogP contribution in [-0.4, -0.2) is 18.3 Å². The van der Waals surface area contributed by atoms with E-state index in [1.54, 1.807) is 0 Å². The van der Waals surface area contributed by atoms with E-state index in [1.807, 2.05) is 0 Å². The Kier molecular flexibility index (Phi) is 5.68. The lowest BCUT2D eigenvalue weighted by Crippen LogP contribution is -2.41. The minimum absolute atomic E-state index is 0.391. The molecular weight excluding hydrogens is 367 g/mol. The van der Waals surface area contributed by atoms with Gasteiger partial charge in [-0.3, -0.25) is 0 Å². The van der Waals surface area contributed by atoms with Crippen LogP contribution in [0.15, 0.2) is 96.5 Å². The number of rotatable bonds is 5. The second-order valence-electron chi connectivity index (χ2n) is 8.88. The maximum Gasteiger partial charge on any atom is 0.491 e. The highest BCUT2D eigenvalue weighted by Gasteiger charge is 2.52. The summed E-state index contributed by atoms with van der Waals surface area (Å²) in [6, 6.07) is 31.7. The van der Waals surface area contributed by atoms with Crippen LogP contribution in [0.5, 0.6) is 0 Å². The Labute approximate surface area is 180 Å². The van der Waals surface area contributed by atoms with Gasteiger partial charge in [-0.25, -0.2) is 0 Å². The molecule has 0 aromatic heterocycles. The highest BCUT2D eigenvalue weighted by molar-refractivity contribution is 6.56. The maximum absolute atomic E-state index is 6.54. The third-order valence-electron chi connectivity index (χ3n) is 6.22. The van der Waals surface area contributed by atoms with Crippen molar-refractivity contribution in [2.75, 3.05) is 0 Å². The van der Waals surface area contributed by atoms with Crippen LogP contribution in [0.2, 0.25) is 0 Å². The average Bonchev–Trinajstić information content (AvgIpc) is 2.97. The van der Waals surface area contributed by atoms with Crippen molar-refractivity contribution < 1.29 is 9.31 Å². The van der Waals surface area contributed by atoms with E-state index in [1.165, 1.54) is 22.3 Å². The summed E-state index contributed by atoms with van der Waals surface area (Å²) in [7, 11) is -0.411. The van der Waals surface area contributed by atoms with E-state index in [0.717, 1.165) is 11.9 Å². The number of benzene rings is 3. The van der Waals surface area contributed by atoms with Crippen LogP contribution in [0.25, 0.3) is 5.57 Å². The van der Waals surface area contributed by atoms with E-state index >= 15 is 0 Å². The van der Waals surface area contributed by atoms with Crippen molar-refractivity contribution in [3.8, 4) is 0 Å². The van der Waals surface area contributed by atoms with E-state index in [4.69, 9.17) is 9.31 Å². The lowest BCUT2D eigenvalue weighted by Gasteiger charge is -2.32. The van der Waals surface area contributed by atoms with E-state index < -0.39 is 18.3 Å². The molecule has 0 amide bonds. The summed E-state index contributed by atoms with van der Waals surface area (Å²) in [5.41, 5.74) is 5.13. The van der Waals surface area contributed by atoms with Crippen LogP contribution >= 0.6 is 0 Å². The topological polar surface area (TPSA) is 18.5 Å². The van der Waals surface area contributed by atoms with E-state index in [0.29, 0.717) is 0 Å². The molecule has 1 aliphatic rings. The van der Waals surface area contributed by atoms with Gasteiger partial charge >= 0.3 is 7.12 Å². The van der Waals surface area contributed by atoms with Gasteiger partial charge in [0.1, 0.15) is 0 Å². The smallest absolute Gasteiger partial charge is 0.400 e. The van der Waals surface area contributed by atoms with Gasteiger partial charge in [-0.05, 0) is 61.9 Å². The molecule has 3 aromatic carbocycles. The van der Waals surface area contributed by atoms with Crippen LogP contribution in [0.4, 0.5) is 0 Å². The molecule has 3 aromatic rings. The summed E-state index contributed by atoms with van der Waals surface area (Å²) in [6.45, 7) is 8.44. The lowest BCUT2D eigenvalue weighted by atomic mass is 9.69. The van der Waals surface area contributed by atoms with Crippen molar-refractivity contribution in [2.24, 2.45) is 0 Å². The zero-order valence-electron chi connectivity index (χ0n) is 18.3. The molecule has 1 aliphatic heterocycles. The standard InChI is InChI=1S/C27H29BO2/c1-26(2)27(3,4)30-28(29-26)24(20-21-14-8-5-9-15-21)25(22-16-10-6-11-17-22)23-18-12-7-13-19-23/h5-19H,20H2,1-4H3. The van der Waals surface area contributed by atoms with Crippen LogP contribution in [-0.2, 0) is 15.7 Å². The highest BCUT2D eigenvalue weighted by atomic mass is 16.7. The molecule has 0 N–H and O–H groups in total. The second kappa shape index (κ2) is 8.25. The van der Waals surface area contributed by atoms with Crippen molar-refractivity contribution >= 4 is 12.7 Å². The molecule has 0 spiro atoms. The van der Waals surface area contributed by atoms with Gasteiger partial charge in [-0.15, -0.1) is 0 Å². The van der Waals surface area contributed by atoms with Crippen LogP contribution in [0.1, 0.15) is 44.4 Å². The van der Waals surface area contributed by atoms with Crippen molar-refractivity contribution in [2.45, 2.75) is 45.3 Å². The minimum Gasteiger partial charge on any atom is -0.400 e. The number of allylic oxidation sites excluding steroid dienone is 1. The molecule has 0 unspecified atom stereocenters. The van der Waals surface area contributed by atoms with Crippen molar-refractivity contribution in [1.82, 2.24) is 0 Å². The Balaban J connectivity index is 1.92. The maximum atomic E-state index is 6.54. The van der Waals surface area contributed by atoms with E-state index in [9.17, 15) is 0 Å². The predicted molar refractivity (Wildman–Crippen MR) is 125 cm³/mol. The third-order valence-corrected chi connectivity index (χ3v) is 6.22. The molecule has 30 heavy (non-hydrogen) atoms. The molecule has 1 heterocycles. The zero-order valence-corrected chi connectivity index (χ0v) is 18.3.